The maximum Gasteiger partial charge on any atom is 0.324 e. The quantitative estimate of drug-likeness (QED) is 0.168. The van der Waals surface area contributed by atoms with Crippen molar-refractivity contribution in [3.8, 4) is 28.1 Å². The molecule has 7 rings (SSSR count). The largest absolute Gasteiger partial charge is 0.508 e. The number of hydrogen-bond donors (Lipinski definition) is 4. The van der Waals surface area contributed by atoms with Gasteiger partial charge < -0.3 is 34.7 Å². The monoisotopic (exact) mass is 807 g/mol. The van der Waals surface area contributed by atoms with Crippen LogP contribution in [0.1, 0.15) is 77.3 Å². The van der Waals surface area contributed by atoms with Gasteiger partial charge in [0.05, 0.1) is 24.1 Å². The number of cyclic esters (lactones) is 1. The number of phenols is 1. The minimum Gasteiger partial charge on any atom is -0.508 e. The summed E-state index contributed by atoms with van der Waals surface area (Å²) >= 11 is 0. The molecule has 2 fully saturated rings. The number of benzene rings is 2. The number of aromatic nitrogens is 2. The molecule has 0 radical (unpaired) electrons. The van der Waals surface area contributed by atoms with E-state index in [1.54, 1.807) is 25.4 Å². The molecule has 2 aromatic heterocycles. The van der Waals surface area contributed by atoms with Gasteiger partial charge in [0, 0.05) is 67.8 Å². The van der Waals surface area contributed by atoms with Gasteiger partial charge in [0.25, 0.3) is 5.91 Å². The van der Waals surface area contributed by atoms with Crippen molar-refractivity contribution in [1.82, 2.24) is 35.5 Å². The lowest BCUT2D eigenvalue weighted by Crippen LogP contribution is -2.62. The van der Waals surface area contributed by atoms with Crippen molar-refractivity contribution >= 4 is 34.7 Å². The third kappa shape index (κ3) is 8.51. The molecule has 59 heavy (non-hydrogen) atoms. The highest BCUT2D eigenvalue weighted by Gasteiger charge is 2.39. The average molecular weight is 808 g/mol. The van der Waals surface area contributed by atoms with Gasteiger partial charge in [-0.3, -0.25) is 24.4 Å². The first-order valence-electron chi connectivity index (χ1n) is 20.7. The summed E-state index contributed by atoms with van der Waals surface area (Å²) in [6.45, 7) is 13.9. The van der Waals surface area contributed by atoms with Crippen LogP contribution in [0.3, 0.4) is 0 Å². The van der Waals surface area contributed by atoms with Gasteiger partial charge in [-0.05, 0) is 97.7 Å². The zero-order valence-electron chi connectivity index (χ0n) is 35.1. The maximum atomic E-state index is 14.5. The molecule has 4 N–H and O–H groups in total. The van der Waals surface area contributed by atoms with Gasteiger partial charge >= 0.3 is 12.0 Å². The van der Waals surface area contributed by atoms with Crippen LogP contribution in [0.15, 0.2) is 54.7 Å². The SMILES string of the molecule is CCn1c(-c2cccnc2[C@H](C)OC)c2c3cc(ccc31)-c1cc(O)cc(c1)C[C@H](NC(=O)[C@H](C(C)C)N1CCNC1=O)C(=O)N1CCC[C@H](N1)C(=O)OCC(C)(C)C2. The molecule has 0 spiro atoms. The van der Waals surface area contributed by atoms with Gasteiger partial charge in [-0.2, -0.15) is 0 Å². The number of nitrogens with one attached hydrogen (secondary N) is 3. The van der Waals surface area contributed by atoms with E-state index in [1.807, 2.05) is 39.0 Å². The minimum absolute atomic E-state index is 0.0129. The number of rotatable bonds is 8. The maximum absolute atomic E-state index is 14.5. The molecule has 314 valence electrons. The van der Waals surface area contributed by atoms with Gasteiger partial charge in [-0.25, -0.2) is 10.2 Å². The number of urea groups is 1. The van der Waals surface area contributed by atoms with Crippen LogP contribution in [0.2, 0.25) is 0 Å². The molecular formula is C45H57N7O7. The highest BCUT2D eigenvalue weighted by molar-refractivity contribution is 5.96. The van der Waals surface area contributed by atoms with E-state index in [0.29, 0.717) is 51.0 Å². The van der Waals surface area contributed by atoms with E-state index in [9.17, 15) is 24.3 Å². The molecule has 4 atom stereocenters. The number of fused-ring (bicyclic) bond motifs is 6. The van der Waals surface area contributed by atoms with Gasteiger partial charge in [-0.1, -0.05) is 39.8 Å². The van der Waals surface area contributed by atoms with Crippen molar-refractivity contribution in [2.75, 3.05) is 33.4 Å². The third-order valence-electron chi connectivity index (χ3n) is 11.8. The Kier molecular flexibility index (Phi) is 12.0. The van der Waals surface area contributed by atoms with Crippen molar-refractivity contribution in [2.45, 2.75) is 98.0 Å². The number of methoxy groups -OCH3 is 1. The number of hydrogen-bond acceptors (Lipinski definition) is 9. The van der Waals surface area contributed by atoms with Crippen molar-refractivity contribution in [3.05, 3.63) is 71.5 Å². The lowest BCUT2D eigenvalue weighted by molar-refractivity contribution is -0.155. The van der Waals surface area contributed by atoms with Crippen molar-refractivity contribution in [3.63, 3.8) is 0 Å². The highest BCUT2D eigenvalue weighted by atomic mass is 16.5. The van der Waals surface area contributed by atoms with E-state index in [1.165, 1.54) is 9.91 Å². The first-order valence-corrected chi connectivity index (χ1v) is 20.7. The second-order valence-electron chi connectivity index (χ2n) is 17.1. The lowest BCUT2D eigenvalue weighted by atomic mass is 9.84. The summed E-state index contributed by atoms with van der Waals surface area (Å²) in [5.41, 5.74) is 9.70. The van der Waals surface area contributed by atoms with E-state index < -0.39 is 41.3 Å². The van der Waals surface area contributed by atoms with Crippen LogP contribution < -0.4 is 16.1 Å². The topological polar surface area (TPSA) is 167 Å². The Balaban J connectivity index is 1.37. The van der Waals surface area contributed by atoms with Gasteiger partial charge in [0.2, 0.25) is 5.91 Å². The van der Waals surface area contributed by atoms with Gasteiger partial charge in [0.1, 0.15) is 23.9 Å². The molecule has 5 heterocycles. The zero-order valence-corrected chi connectivity index (χ0v) is 35.1. The number of ether oxygens (including phenoxy) is 2. The molecule has 2 saturated heterocycles. The van der Waals surface area contributed by atoms with Gasteiger partial charge in [0.15, 0.2) is 0 Å². The Bertz CT molecular complexity index is 2250. The van der Waals surface area contributed by atoms with E-state index in [4.69, 9.17) is 14.5 Å². The summed E-state index contributed by atoms with van der Waals surface area (Å²) in [6, 6.07) is 12.5. The molecule has 2 aromatic carbocycles. The van der Waals surface area contributed by atoms with Crippen LogP contribution in [0.5, 0.6) is 5.75 Å². The Morgan fingerprint density at radius 2 is 1.88 bits per heavy atom. The predicted molar refractivity (Wildman–Crippen MR) is 224 cm³/mol. The minimum atomic E-state index is -1.09. The van der Waals surface area contributed by atoms with E-state index in [-0.39, 0.29) is 36.8 Å². The number of carbonyl (C=O) groups is 4. The smallest absolute Gasteiger partial charge is 0.324 e. The second-order valence-corrected chi connectivity index (χ2v) is 17.1. The number of aryl methyl sites for hydroxylation is 1. The molecule has 3 aliphatic rings. The molecule has 14 nitrogen and oxygen atoms in total. The van der Waals surface area contributed by atoms with Gasteiger partial charge in [-0.15, -0.1) is 0 Å². The van der Waals surface area contributed by atoms with E-state index in [2.05, 4.69) is 59.6 Å². The molecule has 0 saturated carbocycles. The second kappa shape index (κ2) is 17.0. The summed E-state index contributed by atoms with van der Waals surface area (Å²) < 4.78 is 14.2. The molecule has 4 aromatic rings. The number of carbonyl (C=O) groups excluding carboxylic acids is 4. The van der Waals surface area contributed by atoms with Crippen molar-refractivity contribution < 1.29 is 33.8 Å². The van der Waals surface area contributed by atoms with Crippen LogP contribution in [0.4, 0.5) is 4.79 Å². The fourth-order valence-electron chi connectivity index (χ4n) is 8.88. The Morgan fingerprint density at radius 3 is 2.59 bits per heavy atom. The number of pyridine rings is 1. The molecule has 14 heteroatoms. The average Bonchev–Trinajstić information content (AvgIpc) is 3.77. The van der Waals surface area contributed by atoms with Crippen LogP contribution in [-0.2, 0) is 43.2 Å². The summed E-state index contributed by atoms with van der Waals surface area (Å²) in [5, 5.41) is 19.4. The number of esters is 1. The van der Waals surface area contributed by atoms with E-state index in [0.717, 1.165) is 44.5 Å². The molecule has 6 bridgehead atoms. The van der Waals surface area contributed by atoms with Crippen LogP contribution in [0.25, 0.3) is 33.3 Å². The molecule has 0 unspecified atom stereocenters. The number of hydrazine groups is 1. The summed E-state index contributed by atoms with van der Waals surface area (Å²) in [7, 11) is 1.68. The van der Waals surface area contributed by atoms with E-state index >= 15 is 0 Å². The Hall–Kier alpha value is -5.47. The van der Waals surface area contributed by atoms with Crippen molar-refractivity contribution in [1.29, 1.82) is 0 Å². The third-order valence-corrected chi connectivity index (χ3v) is 11.8. The van der Waals surface area contributed by atoms with Crippen molar-refractivity contribution in [2.24, 2.45) is 11.3 Å². The normalized spacial score (nSPS) is 20.9. The summed E-state index contributed by atoms with van der Waals surface area (Å²) in [6.07, 6.45) is 3.11. The Morgan fingerprint density at radius 1 is 1.08 bits per heavy atom. The number of amides is 4. The lowest BCUT2D eigenvalue weighted by Gasteiger charge is -2.36. The number of phenolic OH excluding ortho intramolecular Hbond substituents is 1. The molecule has 0 aliphatic carbocycles. The first-order chi connectivity index (χ1) is 28.2. The standard InChI is InChI=1S/C45H57N7O7/c1-8-50-37-14-13-29-23-33(37)34(40(50)32-11-9-15-46-38(32)27(4)58-7)24-45(5,6)25-59-43(56)35-12-10-17-52(49-35)42(55)36(21-28-19-30(29)22-31(53)20-28)48-41(54)39(26(2)3)51-18-16-47-44(51)57/h9,11,13-15,19-20,22-23,26-27,35-36,39,49,53H,8,10,12,16-18,21,24-25H2,1-7H3,(H,47,57)(H,48,54)/t27-,35-,36-,39-/m0/s1. The highest BCUT2D eigenvalue weighted by Crippen LogP contribution is 2.42. The number of aromatic hydroxyl groups is 1. The first kappa shape index (κ1) is 41.7. The summed E-state index contributed by atoms with van der Waals surface area (Å²) in [5.74, 6) is -1.59. The number of nitrogens with zero attached hydrogens (tertiary/aromatic N) is 4. The fraction of sp³-hybridized carbons (Fsp3) is 0.489. The molecule has 4 amide bonds. The zero-order chi connectivity index (χ0) is 42.2. The van der Waals surface area contributed by atoms with Crippen LogP contribution in [0, 0.1) is 11.3 Å². The fourth-order valence-corrected chi connectivity index (χ4v) is 8.88. The molecule has 3 aliphatic heterocycles. The van der Waals surface area contributed by atoms with Crippen LogP contribution in [-0.4, -0.2) is 99.9 Å². The Labute approximate surface area is 345 Å². The molecular weight excluding hydrogens is 751 g/mol. The predicted octanol–water partition coefficient (Wildman–Crippen LogP) is 5.50. The summed E-state index contributed by atoms with van der Waals surface area (Å²) in [4.78, 5) is 61.4. The van der Waals surface area contributed by atoms with Crippen LogP contribution >= 0.6 is 0 Å².